The molecule has 0 saturated carbocycles. The van der Waals surface area contributed by atoms with Gasteiger partial charge in [-0.2, -0.15) is 11.3 Å². The zero-order valence-electron chi connectivity index (χ0n) is 15.1. The Morgan fingerprint density at radius 1 is 1.29 bits per heavy atom. The third kappa shape index (κ3) is 8.91. The molecule has 6 heteroatoms. The molecule has 5 nitrogen and oxygen atoms in total. The van der Waals surface area contributed by atoms with E-state index in [0.717, 1.165) is 44.7 Å². The molecule has 2 N–H and O–H groups in total. The quantitative estimate of drug-likeness (QED) is 0.276. The van der Waals surface area contributed by atoms with Gasteiger partial charge in [-0.25, -0.2) is 0 Å². The molecule has 24 heavy (non-hydrogen) atoms. The van der Waals surface area contributed by atoms with E-state index in [2.05, 4.69) is 39.4 Å². The predicted molar refractivity (Wildman–Crippen MR) is 102 cm³/mol. The standard InChI is InChI=1S/C18H31N3O2S/c1-4-23-17(22)9-7-5-6-8-11-20-18(19-3)21-13-15(2)16-10-12-24-14-16/h10,12,14-15H,4-9,11,13H2,1-3H3,(H2,19,20,21). The lowest BCUT2D eigenvalue weighted by atomic mass is 10.1. The number of guanidine groups is 1. The number of esters is 1. The smallest absolute Gasteiger partial charge is 0.305 e. The van der Waals surface area contributed by atoms with Crippen molar-refractivity contribution in [1.29, 1.82) is 0 Å². The van der Waals surface area contributed by atoms with Crippen LogP contribution in [0.5, 0.6) is 0 Å². The van der Waals surface area contributed by atoms with Crippen LogP contribution in [0.4, 0.5) is 0 Å². The Morgan fingerprint density at radius 3 is 2.75 bits per heavy atom. The van der Waals surface area contributed by atoms with Crippen LogP contribution in [0.3, 0.4) is 0 Å². The molecule has 136 valence electrons. The van der Waals surface area contributed by atoms with Crippen molar-refractivity contribution in [3.63, 3.8) is 0 Å². The van der Waals surface area contributed by atoms with Crippen molar-refractivity contribution in [3.8, 4) is 0 Å². The van der Waals surface area contributed by atoms with E-state index in [4.69, 9.17) is 4.74 Å². The van der Waals surface area contributed by atoms with Gasteiger partial charge in [-0.3, -0.25) is 9.79 Å². The maximum atomic E-state index is 11.2. The van der Waals surface area contributed by atoms with Crippen LogP contribution >= 0.6 is 11.3 Å². The number of unbranched alkanes of at least 4 members (excludes halogenated alkanes) is 3. The molecule has 0 bridgehead atoms. The summed E-state index contributed by atoms with van der Waals surface area (Å²) in [7, 11) is 1.80. The minimum absolute atomic E-state index is 0.0834. The summed E-state index contributed by atoms with van der Waals surface area (Å²) in [5, 5.41) is 11.0. The van der Waals surface area contributed by atoms with Crippen LogP contribution in [0.1, 0.15) is 57.4 Å². The van der Waals surface area contributed by atoms with Crippen molar-refractivity contribution in [2.75, 3.05) is 26.7 Å². The molecule has 1 heterocycles. The Labute approximate surface area is 149 Å². The molecule has 0 aromatic carbocycles. The van der Waals surface area contributed by atoms with Gasteiger partial charge < -0.3 is 15.4 Å². The number of thiophene rings is 1. The summed E-state index contributed by atoms with van der Waals surface area (Å²) < 4.78 is 4.91. The van der Waals surface area contributed by atoms with Crippen molar-refractivity contribution in [1.82, 2.24) is 10.6 Å². The first-order valence-electron chi connectivity index (χ1n) is 8.79. The van der Waals surface area contributed by atoms with Gasteiger partial charge in [-0.15, -0.1) is 0 Å². The Hall–Kier alpha value is -1.56. The first kappa shape index (κ1) is 20.5. The molecule has 0 saturated heterocycles. The van der Waals surface area contributed by atoms with Crippen LogP contribution in [0.25, 0.3) is 0 Å². The van der Waals surface area contributed by atoms with Crippen LogP contribution in [-0.2, 0) is 9.53 Å². The third-order valence-electron chi connectivity index (χ3n) is 3.82. The SMILES string of the molecule is CCOC(=O)CCCCCCNC(=NC)NCC(C)c1ccsc1. The monoisotopic (exact) mass is 353 g/mol. The number of hydrogen-bond acceptors (Lipinski definition) is 4. The van der Waals surface area contributed by atoms with Crippen LogP contribution in [0, 0.1) is 0 Å². The Kier molecular flexibility index (Phi) is 10.9. The number of aliphatic imine (C=N–C) groups is 1. The van der Waals surface area contributed by atoms with E-state index in [-0.39, 0.29) is 5.97 Å². The fourth-order valence-electron chi connectivity index (χ4n) is 2.33. The topological polar surface area (TPSA) is 62.7 Å². The summed E-state index contributed by atoms with van der Waals surface area (Å²) in [6.07, 6.45) is 4.68. The molecular weight excluding hydrogens is 322 g/mol. The largest absolute Gasteiger partial charge is 0.466 e. The lowest BCUT2D eigenvalue weighted by molar-refractivity contribution is -0.143. The van der Waals surface area contributed by atoms with Crippen LogP contribution in [0.15, 0.2) is 21.8 Å². The fraction of sp³-hybridized carbons (Fsp3) is 0.667. The second-order valence-corrected chi connectivity index (χ2v) is 6.59. The van der Waals surface area contributed by atoms with Gasteiger partial charge >= 0.3 is 5.97 Å². The lowest BCUT2D eigenvalue weighted by Crippen LogP contribution is -2.39. The van der Waals surface area contributed by atoms with Crippen molar-refractivity contribution in [2.24, 2.45) is 4.99 Å². The zero-order valence-corrected chi connectivity index (χ0v) is 16.0. The molecule has 1 atom stereocenters. The minimum atomic E-state index is -0.0834. The molecule has 0 spiro atoms. The van der Waals surface area contributed by atoms with Gasteiger partial charge in [0.25, 0.3) is 0 Å². The maximum Gasteiger partial charge on any atom is 0.305 e. The molecule has 0 aliphatic heterocycles. The molecule has 0 aliphatic rings. The Bertz CT molecular complexity index is 475. The maximum absolute atomic E-state index is 11.2. The molecule has 0 aliphatic carbocycles. The average Bonchev–Trinajstić information content (AvgIpc) is 3.11. The summed E-state index contributed by atoms with van der Waals surface area (Å²) in [5.74, 6) is 1.24. The van der Waals surface area contributed by atoms with Crippen molar-refractivity contribution in [2.45, 2.75) is 51.9 Å². The molecule has 1 aromatic heterocycles. The number of nitrogens with zero attached hydrogens (tertiary/aromatic N) is 1. The van der Waals surface area contributed by atoms with Crippen LogP contribution < -0.4 is 10.6 Å². The molecule has 0 radical (unpaired) electrons. The van der Waals surface area contributed by atoms with E-state index in [0.29, 0.717) is 18.9 Å². The van der Waals surface area contributed by atoms with E-state index < -0.39 is 0 Å². The predicted octanol–water partition coefficient (Wildman–Crippen LogP) is 3.53. The van der Waals surface area contributed by atoms with E-state index in [1.807, 2.05) is 6.92 Å². The van der Waals surface area contributed by atoms with Crippen LogP contribution in [-0.4, -0.2) is 38.7 Å². The number of carbonyl (C=O) groups excluding carboxylic acids is 1. The van der Waals surface area contributed by atoms with Gasteiger partial charge in [0.05, 0.1) is 6.61 Å². The summed E-state index contributed by atoms with van der Waals surface area (Å²) in [4.78, 5) is 15.5. The van der Waals surface area contributed by atoms with E-state index in [1.165, 1.54) is 5.56 Å². The minimum Gasteiger partial charge on any atom is -0.466 e. The first-order valence-corrected chi connectivity index (χ1v) is 9.73. The molecule has 1 aromatic rings. The van der Waals surface area contributed by atoms with Gasteiger partial charge in [0.1, 0.15) is 0 Å². The van der Waals surface area contributed by atoms with E-state index >= 15 is 0 Å². The second kappa shape index (κ2) is 12.8. The first-order chi connectivity index (χ1) is 11.7. The molecule has 1 unspecified atom stereocenters. The van der Waals surface area contributed by atoms with Crippen LogP contribution in [0.2, 0.25) is 0 Å². The van der Waals surface area contributed by atoms with Gasteiger partial charge in [0.2, 0.25) is 0 Å². The number of nitrogens with one attached hydrogen (secondary N) is 2. The molecule has 0 fully saturated rings. The number of rotatable bonds is 11. The normalized spacial score (nSPS) is 12.7. The van der Waals surface area contributed by atoms with E-state index in [1.54, 1.807) is 18.4 Å². The molecular formula is C18H31N3O2S. The Morgan fingerprint density at radius 2 is 2.08 bits per heavy atom. The van der Waals surface area contributed by atoms with Gasteiger partial charge in [0.15, 0.2) is 5.96 Å². The number of carbonyl (C=O) groups is 1. The molecule has 1 rings (SSSR count). The second-order valence-electron chi connectivity index (χ2n) is 5.81. The van der Waals surface area contributed by atoms with Gasteiger partial charge in [-0.05, 0) is 48.1 Å². The lowest BCUT2D eigenvalue weighted by Gasteiger charge is -2.15. The average molecular weight is 354 g/mol. The summed E-state index contributed by atoms with van der Waals surface area (Å²) >= 11 is 1.73. The number of ether oxygens (including phenoxy) is 1. The third-order valence-corrected chi connectivity index (χ3v) is 4.52. The molecule has 0 amide bonds. The highest BCUT2D eigenvalue weighted by Gasteiger charge is 2.06. The fourth-order valence-corrected chi connectivity index (χ4v) is 3.11. The zero-order chi connectivity index (χ0) is 17.6. The van der Waals surface area contributed by atoms with Crippen molar-refractivity contribution < 1.29 is 9.53 Å². The summed E-state index contributed by atoms with van der Waals surface area (Å²) in [5.41, 5.74) is 1.37. The highest BCUT2D eigenvalue weighted by Crippen LogP contribution is 2.16. The summed E-state index contributed by atoms with van der Waals surface area (Å²) in [6.45, 7) is 6.29. The summed E-state index contributed by atoms with van der Waals surface area (Å²) in [6, 6.07) is 2.17. The van der Waals surface area contributed by atoms with Gasteiger partial charge in [-0.1, -0.05) is 19.8 Å². The van der Waals surface area contributed by atoms with Crippen molar-refractivity contribution in [3.05, 3.63) is 22.4 Å². The van der Waals surface area contributed by atoms with Gasteiger partial charge in [0, 0.05) is 26.6 Å². The Balaban J connectivity index is 2.05. The highest BCUT2D eigenvalue weighted by atomic mass is 32.1. The van der Waals surface area contributed by atoms with E-state index in [9.17, 15) is 4.79 Å². The van der Waals surface area contributed by atoms with Crippen molar-refractivity contribution >= 4 is 23.3 Å². The number of hydrogen-bond donors (Lipinski definition) is 2. The highest BCUT2D eigenvalue weighted by molar-refractivity contribution is 7.07.